The first kappa shape index (κ1) is 20.1. The quantitative estimate of drug-likeness (QED) is 0.568. The van der Waals surface area contributed by atoms with Crippen LogP contribution in [0.1, 0.15) is 34.7 Å². The lowest BCUT2D eigenvalue weighted by molar-refractivity contribution is 0.109. The van der Waals surface area contributed by atoms with Gasteiger partial charge >= 0.3 is 6.09 Å². The summed E-state index contributed by atoms with van der Waals surface area (Å²) in [5.41, 5.74) is 7.98. The summed E-state index contributed by atoms with van der Waals surface area (Å²) in [6.07, 6.45) is 8.57. The fourth-order valence-electron chi connectivity index (χ4n) is 3.92. The number of nitrogens with zero attached hydrogens (tertiary/aromatic N) is 2. The fraction of sp³-hybridized carbons (Fsp3) is 0.333. The Hall–Kier alpha value is -1.60. The molecule has 2 aliphatic rings. The summed E-state index contributed by atoms with van der Waals surface area (Å²) < 4.78 is 6.52. The molecule has 27 heavy (non-hydrogen) atoms. The molecule has 2 aromatic rings. The van der Waals surface area contributed by atoms with Gasteiger partial charge in [0.05, 0.1) is 6.61 Å². The zero-order valence-electron chi connectivity index (χ0n) is 15.2. The highest BCUT2D eigenvalue weighted by atomic mass is 127. The van der Waals surface area contributed by atoms with E-state index in [9.17, 15) is 4.79 Å². The first-order chi connectivity index (χ1) is 12.7. The predicted molar refractivity (Wildman–Crippen MR) is 117 cm³/mol. The van der Waals surface area contributed by atoms with Crippen molar-refractivity contribution in [2.45, 2.75) is 26.2 Å². The summed E-state index contributed by atoms with van der Waals surface area (Å²) in [7, 11) is 0. The first-order valence-electron chi connectivity index (χ1n) is 9.04. The van der Waals surface area contributed by atoms with Crippen LogP contribution in [0.4, 0.5) is 4.79 Å². The number of amides is 1. The van der Waals surface area contributed by atoms with E-state index in [1.165, 1.54) is 37.0 Å². The van der Waals surface area contributed by atoms with Crippen molar-refractivity contribution in [2.75, 3.05) is 19.7 Å². The predicted octanol–water partition coefficient (Wildman–Crippen LogP) is 4.65. The molecule has 0 bridgehead atoms. The van der Waals surface area contributed by atoms with Gasteiger partial charge in [-0.15, -0.1) is 12.4 Å². The lowest BCUT2D eigenvalue weighted by Crippen LogP contribution is -2.33. The Balaban J connectivity index is 0.00000210. The molecule has 0 N–H and O–H groups in total. The van der Waals surface area contributed by atoms with Gasteiger partial charge in [-0.05, 0) is 88.7 Å². The molecule has 1 aliphatic carbocycles. The Kier molecular flexibility index (Phi) is 6.42. The third kappa shape index (κ3) is 3.85. The summed E-state index contributed by atoms with van der Waals surface area (Å²) in [4.78, 5) is 18.3. The minimum absolute atomic E-state index is 0. The van der Waals surface area contributed by atoms with Crippen LogP contribution in [0.25, 0.3) is 5.57 Å². The molecular formula is C21H22ClIN2O2. The lowest BCUT2D eigenvalue weighted by Gasteiger charge is -2.19. The molecule has 0 atom stereocenters. The van der Waals surface area contributed by atoms with Crippen LogP contribution in [0, 0.1) is 3.57 Å². The Labute approximate surface area is 179 Å². The molecule has 0 fully saturated rings. The van der Waals surface area contributed by atoms with Crippen molar-refractivity contribution in [3.63, 3.8) is 0 Å². The average molecular weight is 497 g/mol. The van der Waals surface area contributed by atoms with Gasteiger partial charge in [-0.2, -0.15) is 0 Å². The summed E-state index contributed by atoms with van der Waals surface area (Å²) in [5, 5.41) is 0. The molecule has 0 saturated carbocycles. The highest BCUT2D eigenvalue weighted by Gasteiger charge is 2.27. The molecular weight excluding hydrogens is 475 g/mol. The number of hydrogen-bond donors (Lipinski definition) is 0. The summed E-state index contributed by atoms with van der Waals surface area (Å²) >= 11 is 2.45. The van der Waals surface area contributed by atoms with Gasteiger partial charge in [-0.1, -0.05) is 12.1 Å². The molecule has 4 nitrogen and oxygen atoms in total. The summed E-state index contributed by atoms with van der Waals surface area (Å²) in [6, 6.07) is 6.43. The molecule has 142 valence electrons. The van der Waals surface area contributed by atoms with Gasteiger partial charge < -0.3 is 9.64 Å². The van der Waals surface area contributed by atoms with E-state index in [0.29, 0.717) is 19.7 Å². The Morgan fingerprint density at radius 1 is 1.30 bits per heavy atom. The Bertz CT molecular complexity index is 883. The lowest BCUT2D eigenvalue weighted by atomic mass is 9.89. The van der Waals surface area contributed by atoms with E-state index in [-0.39, 0.29) is 18.5 Å². The molecule has 1 amide bonds. The van der Waals surface area contributed by atoms with Crippen LogP contribution in [-0.2, 0) is 24.0 Å². The molecule has 2 heterocycles. The number of carbonyl (C=O) groups is 1. The number of fused-ring (bicyclic) bond motifs is 3. The summed E-state index contributed by atoms with van der Waals surface area (Å²) in [5.74, 6) is 0. The molecule has 0 unspecified atom stereocenters. The van der Waals surface area contributed by atoms with Gasteiger partial charge in [0.2, 0.25) is 0 Å². The molecule has 0 saturated heterocycles. The number of rotatable bonds is 2. The van der Waals surface area contributed by atoms with Crippen molar-refractivity contribution >= 4 is 46.7 Å². The summed E-state index contributed by atoms with van der Waals surface area (Å²) in [6.45, 7) is 3.69. The number of carbonyl (C=O) groups excluding carboxylic acids is 1. The second kappa shape index (κ2) is 8.61. The monoisotopic (exact) mass is 496 g/mol. The fourth-order valence-corrected chi connectivity index (χ4v) is 4.79. The molecule has 1 aromatic carbocycles. The molecule has 4 rings (SSSR count). The van der Waals surface area contributed by atoms with Crippen LogP contribution in [0.15, 0.2) is 36.7 Å². The standard InChI is InChI=1S/C21H21IN2O2.ClH/c1-2-26-21(25)24-10-7-14-12-19(22)18-6-5-16(15-4-3-9-23-13-15)20(18)17(14)8-11-24;/h3-5,9,12-13H,2,6-8,10-11H2,1H3;1H. The Morgan fingerprint density at radius 3 is 2.85 bits per heavy atom. The highest BCUT2D eigenvalue weighted by molar-refractivity contribution is 14.1. The zero-order valence-corrected chi connectivity index (χ0v) is 18.2. The third-order valence-corrected chi connectivity index (χ3v) is 6.10. The van der Waals surface area contributed by atoms with Gasteiger partial charge in [0, 0.05) is 34.6 Å². The van der Waals surface area contributed by atoms with Gasteiger partial charge in [0.15, 0.2) is 0 Å². The SMILES string of the molecule is CCOC(=O)N1CCc2cc(I)c3c(c2CC1)C(c1cccnc1)=CC3.Cl. The van der Waals surface area contributed by atoms with Crippen molar-refractivity contribution in [1.29, 1.82) is 0 Å². The zero-order chi connectivity index (χ0) is 18.1. The molecule has 6 heteroatoms. The van der Waals surface area contributed by atoms with Gasteiger partial charge in [-0.25, -0.2) is 4.79 Å². The van der Waals surface area contributed by atoms with E-state index in [1.807, 2.05) is 30.3 Å². The van der Waals surface area contributed by atoms with Crippen molar-refractivity contribution in [1.82, 2.24) is 9.88 Å². The molecule has 0 spiro atoms. The van der Waals surface area contributed by atoms with Crippen molar-refractivity contribution < 1.29 is 9.53 Å². The highest BCUT2D eigenvalue weighted by Crippen LogP contribution is 2.40. The van der Waals surface area contributed by atoms with E-state index in [1.54, 1.807) is 0 Å². The number of hydrogen-bond acceptors (Lipinski definition) is 3. The van der Waals surface area contributed by atoms with E-state index >= 15 is 0 Å². The van der Waals surface area contributed by atoms with Gasteiger partial charge in [-0.3, -0.25) is 4.98 Å². The van der Waals surface area contributed by atoms with Crippen LogP contribution in [0.5, 0.6) is 0 Å². The largest absolute Gasteiger partial charge is 0.450 e. The first-order valence-corrected chi connectivity index (χ1v) is 10.1. The van der Waals surface area contributed by atoms with Crippen LogP contribution in [0.2, 0.25) is 0 Å². The minimum atomic E-state index is -0.199. The van der Waals surface area contributed by atoms with E-state index in [0.717, 1.165) is 19.3 Å². The van der Waals surface area contributed by atoms with Gasteiger partial charge in [0.1, 0.15) is 0 Å². The third-order valence-electron chi connectivity index (χ3n) is 5.14. The maximum atomic E-state index is 12.2. The number of allylic oxidation sites excluding steroid dienone is 1. The van der Waals surface area contributed by atoms with Crippen molar-refractivity contribution in [3.8, 4) is 0 Å². The van der Waals surface area contributed by atoms with E-state index < -0.39 is 0 Å². The van der Waals surface area contributed by atoms with Crippen LogP contribution < -0.4 is 0 Å². The molecule has 1 aromatic heterocycles. The maximum Gasteiger partial charge on any atom is 0.409 e. The topological polar surface area (TPSA) is 42.4 Å². The number of aromatic nitrogens is 1. The second-order valence-electron chi connectivity index (χ2n) is 6.60. The number of benzene rings is 1. The second-order valence-corrected chi connectivity index (χ2v) is 7.76. The molecule has 0 radical (unpaired) electrons. The average Bonchev–Trinajstić information content (AvgIpc) is 2.99. The van der Waals surface area contributed by atoms with Crippen LogP contribution in [0.3, 0.4) is 0 Å². The number of pyridine rings is 1. The maximum absolute atomic E-state index is 12.2. The van der Waals surface area contributed by atoms with Crippen molar-refractivity contribution in [2.24, 2.45) is 0 Å². The molecule has 1 aliphatic heterocycles. The number of halogens is 2. The van der Waals surface area contributed by atoms with Crippen molar-refractivity contribution in [3.05, 3.63) is 68.1 Å². The van der Waals surface area contributed by atoms with E-state index in [4.69, 9.17) is 4.74 Å². The van der Waals surface area contributed by atoms with Gasteiger partial charge in [0.25, 0.3) is 0 Å². The van der Waals surface area contributed by atoms with Crippen LogP contribution >= 0.6 is 35.0 Å². The Morgan fingerprint density at radius 2 is 2.11 bits per heavy atom. The van der Waals surface area contributed by atoms with E-state index in [2.05, 4.69) is 45.8 Å². The number of ether oxygens (including phenoxy) is 1. The smallest absolute Gasteiger partial charge is 0.409 e. The normalized spacial score (nSPS) is 15.2. The van der Waals surface area contributed by atoms with Crippen LogP contribution in [-0.4, -0.2) is 35.7 Å². The minimum Gasteiger partial charge on any atom is -0.450 e.